The number of nitrogens with zero attached hydrogens (tertiary/aromatic N) is 2. The minimum absolute atomic E-state index is 0.0586. The van der Waals surface area contributed by atoms with E-state index in [-0.39, 0.29) is 17.0 Å². The summed E-state index contributed by atoms with van der Waals surface area (Å²) in [7, 11) is 1.26. The van der Waals surface area contributed by atoms with E-state index in [9.17, 15) is 9.59 Å². The number of carbonyl (C=O) groups is 2. The lowest BCUT2D eigenvalue weighted by molar-refractivity contribution is 0.0590. The van der Waals surface area contributed by atoms with Gasteiger partial charge in [-0.3, -0.25) is 4.79 Å². The van der Waals surface area contributed by atoms with Gasteiger partial charge in [-0.05, 0) is 35.0 Å². The molecule has 0 aliphatic rings. The fourth-order valence-corrected chi connectivity index (χ4v) is 3.54. The third kappa shape index (κ3) is 2.86. The van der Waals surface area contributed by atoms with Gasteiger partial charge in [0.1, 0.15) is 5.58 Å². The maximum Gasteiger partial charge on any atom is 0.359 e. The zero-order chi connectivity index (χ0) is 20.7. The van der Waals surface area contributed by atoms with Gasteiger partial charge in [0.2, 0.25) is 5.78 Å². The van der Waals surface area contributed by atoms with Crippen LogP contribution < -0.4 is 0 Å². The van der Waals surface area contributed by atoms with Gasteiger partial charge in [-0.25, -0.2) is 9.48 Å². The summed E-state index contributed by atoms with van der Waals surface area (Å²) in [5, 5.41) is 7.17. The summed E-state index contributed by atoms with van der Waals surface area (Å²) in [5.41, 5.74) is 1.38. The highest BCUT2D eigenvalue weighted by Gasteiger charge is 2.26. The first kappa shape index (κ1) is 17.9. The van der Waals surface area contributed by atoms with Crippen molar-refractivity contribution in [2.45, 2.75) is 0 Å². The van der Waals surface area contributed by atoms with Crippen LogP contribution in [-0.2, 0) is 4.74 Å². The second-order valence-corrected chi connectivity index (χ2v) is 6.80. The lowest BCUT2D eigenvalue weighted by Gasteiger charge is -1.99. The first-order valence-electron chi connectivity index (χ1n) is 9.35. The molecule has 0 saturated heterocycles. The molecule has 0 aliphatic carbocycles. The second-order valence-electron chi connectivity index (χ2n) is 6.80. The molecule has 3 aromatic carbocycles. The molecule has 2 heterocycles. The lowest BCUT2D eigenvalue weighted by Crippen LogP contribution is -2.10. The first-order chi connectivity index (χ1) is 14.7. The van der Waals surface area contributed by atoms with Crippen molar-refractivity contribution >= 4 is 33.5 Å². The van der Waals surface area contributed by atoms with Crippen molar-refractivity contribution < 1.29 is 18.7 Å². The molecule has 5 rings (SSSR count). The minimum Gasteiger partial charge on any atom is -0.464 e. The van der Waals surface area contributed by atoms with Crippen LogP contribution in [0.5, 0.6) is 0 Å². The van der Waals surface area contributed by atoms with Crippen molar-refractivity contribution in [2.75, 3.05) is 7.11 Å². The lowest BCUT2D eigenvalue weighted by atomic mass is 10.1. The number of fused-ring (bicyclic) bond motifs is 3. The van der Waals surface area contributed by atoms with Gasteiger partial charge in [0.25, 0.3) is 0 Å². The zero-order valence-electron chi connectivity index (χ0n) is 16.0. The van der Waals surface area contributed by atoms with Gasteiger partial charge in [0.05, 0.1) is 18.4 Å². The van der Waals surface area contributed by atoms with Gasteiger partial charge >= 0.3 is 5.97 Å². The van der Waals surface area contributed by atoms with Crippen molar-refractivity contribution in [1.82, 2.24) is 9.78 Å². The van der Waals surface area contributed by atoms with Crippen molar-refractivity contribution in [3.05, 3.63) is 96.0 Å². The normalized spacial score (nSPS) is 11.1. The zero-order valence-corrected chi connectivity index (χ0v) is 16.0. The summed E-state index contributed by atoms with van der Waals surface area (Å²) in [4.78, 5) is 25.6. The van der Waals surface area contributed by atoms with Crippen LogP contribution in [0, 0.1) is 0 Å². The van der Waals surface area contributed by atoms with Crippen LogP contribution in [0.15, 0.2) is 83.4 Å². The van der Waals surface area contributed by atoms with Gasteiger partial charge in [0.15, 0.2) is 11.5 Å². The van der Waals surface area contributed by atoms with Crippen LogP contribution in [0.4, 0.5) is 0 Å². The van der Waals surface area contributed by atoms with Gasteiger partial charge in [-0.1, -0.05) is 48.5 Å². The smallest absolute Gasteiger partial charge is 0.359 e. The van der Waals surface area contributed by atoms with Crippen molar-refractivity contribution in [3.63, 3.8) is 0 Å². The van der Waals surface area contributed by atoms with Gasteiger partial charge < -0.3 is 9.15 Å². The molecular formula is C24H16N2O4. The average Bonchev–Trinajstić information content (AvgIpc) is 3.44. The van der Waals surface area contributed by atoms with E-state index in [4.69, 9.17) is 9.15 Å². The van der Waals surface area contributed by atoms with E-state index in [1.165, 1.54) is 18.0 Å². The number of ketones is 1. The van der Waals surface area contributed by atoms with E-state index in [1.54, 1.807) is 6.07 Å². The molecule has 0 bridgehead atoms. The fraction of sp³-hybridized carbons (Fsp3) is 0.0417. The Bertz CT molecular complexity index is 1410. The summed E-state index contributed by atoms with van der Waals surface area (Å²) in [6.45, 7) is 0. The van der Waals surface area contributed by atoms with E-state index in [0.29, 0.717) is 5.58 Å². The molecule has 6 heteroatoms. The molecule has 0 aliphatic heterocycles. The summed E-state index contributed by atoms with van der Waals surface area (Å²) < 4.78 is 12.2. The highest BCUT2D eigenvalue weighted by Crippen LogP contribution is 2.29. The molecule has 30 heavy (non-hydrogen) atoms. The SMILES string of the molecule is COC(=O)c1nn(-c2ccccc2)cc1C(=O)c1cc2c(ccc3ccccc32)o1. The molecule has 5 aromatic rings. The van der Waals surface area contributed by atoms with Gasteiger partial charge in [-0.15, -0.1) is 0 Å². The number of hydrogen-bond acceptors (Lipinski definition) is 5. The van der Waals surface area contributed by atoms with E-state index >= 15 is 0 Å². The van der Waals surface area contributed by atoms with Crippen LogP contribution in [0.25, 0.3) is 27.4 Å². The highest BCUT2D eigenvalue weighted by atomic mass is 16.5. The molecule has 146 valence electrons. The number of methoxy groups -OCH3 is 1. The monoisotopic (exact) mass is 396 g/mol. The largest absolute Gasteiger partial charge is 0.464 e. The molecule has 0 unspecified atom stereocenters. The third-order valence-electron chi connectivity index (χ3n) is 5.01. The Morgan fingerprint density at radius 1 is 0.933 bits per heavy atom. The maximum atomic E-state index is 13.3. The number of hydrogen-bond donors (Lipinski definition) is 0. The van der Waals surface area contributed by atoms with E-state index in [0.717, 1.165) is 21.8 Å². The number of benzene rings is 3. The number of para-hydroxylation sites is 1. The first-order valence-corrected chi connectivity index (χ1v) is 9.35. The Hall–Kier alpha value is -4.19. The van der Waals surface area contributed by atoms with E-state index < -0.39 is 11.8 Å². The summed E-state index contributed by atoms with van der Waals surface area (Å²) in [6.07, 6.45) is 1.52. The number of aromatic nitrogens is 2. The van der Waals surface area contributed by atoms with Crippen LogP contribution in [-0.4, -0.2) is 28.6 Å². The standard InChI is InChI=1S/C24H16N2O4/c1-29-24(28)22-19(14-26(25-22)16-8-3-2-4-9-16)23(27)21-13-18-17-10-6-5-7-15(17)11-12-20(18)30-21/h2-14H,1H3. The predicted octanol–water partition coefficient (Wildman–Crippen LogP) is 4.79. The average molecular weight is 396 g/mol. The van der Waals surface area contributed by atoms with Crippen molar-refractivity contribution in [3.8, 4) is 5.69 Å². The maximum absolute atomic E-state index is 13.3. The number of esters is 1. The summed E-state index contributed by atoms with van der Waals surface area (Å²) >= 11 is 0. The predicted molar refractivity (Wildman–Crippen MR) is 112 cm³/mol. The Morgan fingerprint density at radius 3 is 2.50 bits per heavy atom. The number of furan rings is 1. The molecule has 0 fully saturated rings. The Morgan fingerprint density at radius 2 is 1.70 bits per heavy atom. The van der Waals surface area contributed by atoms with Crippen LogP contribution in [0.1, 0.15) is 26.6 Å². The molecule has 0 saturated carbocycles. The summed E-state index contributed by atoms with van der Waals surface area (Å²) in [6, 6.07) is 22.6. The molecular weight excluding hydrogens is 380 g/mol. The number of carbonyl (C=O) groups excluding carboxylic acids is 2. The molecule has 0 radical (unpaired) electrons. The number of rotatable bonds is 4. The van der Waals surface area contributed by atoms with Gasteiger partial charge in [0, 0.05) is 11.6 Å². The van der Waals surface area contributed by atoms with Crippen molar-refractivity contribution in [1.29, 1.82) is 0 Å². The molecule has 0 atom stereocenters. The van der Waals surface area contributed by atoms with Crippen LogP contribution in [0.2, 0.25) is 0 Å². The van der Waals surface area contributed by atoms with Crippen molar-refractivity contribution in [2.24, 2.45) is 0 Å². The van der Waals surface area contributed by atoms with Gasteiger partial charge in [-0.2, -0.15) is 5.10 Å². The highest BCUT2D eigenvalue weighted by molar-refractivity contribution is 6.15. The molecule has 0 N–H and O–H groups in total. The molecule has 6 nitrogen and oxygen atoms in total. The van der Waals surface area contributed by atoms with Crippen LogP contribution >= 0.6 is 0 Å². The van der Waals surface area contributed by atoms with Crippen LogP contribution in [0.3, 0.4) is 0 Å². The second kappa shape index (κ2) is 7.00. The quantitative estimate of drug-likeness (QED) is 0.323. The fourth-order valence-electron chi connectivity index (χ4n) is 3.54. The molecule has 2 aromatic heterocycles. The third-order valence-corrected chi connectivity index (χ3v) is 5.01. The Kier molecular flexibility index (Phi) is 4.17. The Labute approximate surface area is 171 Å². The topological polar surface area (TPSA) is 74.3 Å². The minimum atomic E-state index is -0.686. The number of ether oxygens (including phenoxy) is 1. The van der Waals surface area contributed by atoms with E-state index in [2.05, 4.69) is 5.10 Å². The molecule has 0 amide bonds. The summed E-state index contributed by atoms with van der Waals surface area (Å²) in [5.74, 6) is -0.980. The Balaban J connectivity index is 1.64. The van der Waals surface area contributed by atoms with E-state index in [1.807, 2.05) is 66.7 Å². The molecule has 0 spiro atoms.